The van der Waals surface area contributed by atoms with Gasteiger partial charge in [0, 0.05) is 11.8 Å². The van der Waals surface area contributed by atoms with E-state index in [0.29, 0.717) is 10.6 Å². The number of benzene rings is 3. The van der Waals surface area contributed by atoms with Gasteiger partial charge in [0.15, 0.2) is 0 Å². The third kappa shape index (κ3) is 5.49. The Kier molecular flexibility index (Phi) is 7.11. The highest BCUT2D eigenvalue weighted by Crippen LogP contribution is 2.33. The second-order valence-electron chi connectivity index (χ2n) is 8.92. The summed E-state index contributed by atoms with van der Waals surface area (Å²) in [5.41, 5.74) is 2.74. The number of ether oxygens (including phenoxy) is 1. The van der Waals surface area contributed by atoms with E-state index in [2.05, 4.69) is 9.97 Å². The van der Waals surface area contributed by atoms with Crippen molar-refractivity contribution in [3.63, 3.8) is 0 Å². The minimum atomic E-state index is -3.54. The van der Waals surface area contributed by atoms with Gasteiger partial charge in [0.05, 0.1) is 49.8 Å². The molecule has 2 heterocycles. The molecule has 0 aliphatic carbocycles. The lowest BCUT2D eigenvalue weighted by Crippen LogP contribution is -2.47. The summed E-state index contributed by atoms with van der Waals surface area (Å²) in [6.07, 6.45) is 2.27. The van der Waals surface area contributed by atoms with Gasteiger partial charge in [0.25, 0.3) is 11.8 Å². The molecule has 2 amide bonds. The molecule has 0 fully saturated rings. The first-order chi connectivity index (χ1) is 18.5. The quantitative estimate of drug-likeness (QED) is 0.175. The Balaban J connectivity index is 1.40. The van der Waals surface area contributed by atoms with Gasteiger partial charge in [-0.1, -0.05) is 35.3 Å². The molecule has 0 saturated carbocycles. The zero-order chi connectivity index (χ0) is 27.9. The van der Waals surface area contributed by atoms with Crippen LogP contribution < -0.4 is 4.74 Å². The summed E-state index contributed by atoms with van der Waals surface area (Å²) in [7, 11) is -3.54. The molecule has 12 heteroatoms. The van der Waals surface area contributed by atoms with Crippen molar-refractivity contribution in [1.29, 1.82) is 0 Å². The maximum atomic E-state index is 13.3. The summed E-state index contributed by atoms with van der Waals surface area (Å²) in [6.45, 7) is 0. The van der Waals surface area contributed by atoms with Crippen LogP contribution in [0.25, 0.3) is 22.3 Å². The largest absolute Gasteiger partial charge is 0.425 e. The number of halogens is 2. The van der Waals surface area contributed by atoms with Crippen LogP contribution in [0.2, 0.25) is 10.0 Å². The fraction of sp³-hybridized carbons (Fsp3) is 0.148. The second kappa shape index (κ2) is 10.4. The lowest BCUT2D eigenvalue weighted by atomic mass is 10.1. The summed E-state index contributed by atoms with van der Waals surface area (Å²) in [4.78, 5) is 49.2. The third-order valence-corrected chi connectivity index (χ3v) is 7.82. The molecule has 4 aromatic rings. The number of aromatic nitrogens is 2. The van der Waals surface area contributed by atoms with Gasteiger partial charge in [-0.3, -0.25) is 19.5 Å². The zero-order valence-electron chi connectivity index (χ0n) is 20.3. The molecule has 3 aromatic carbocycles. The van der Waals surface area contributed by atoms with Gasteiger partial charge in [0.1, 0.15) is 21.6 Å². The predicted octanol–water partition coefficient (Wildman–Crippen LogP) is 4.61. The van der Waals surface area contributed by atoms with E-state index in [1.807, 2.05) is 24.3 Å². The predicted molar refractivity (Wildman–Crippen MR) is 146 cm³/mol. The molecule has 0 N–H and O–H groups in total. The molecule has 0 bridgehead atoms. The Morgan fingerprint density at radius 1 is 0.949 bits per heavy atom. The number of hydrogen-bond acceptors (Lipinski definition) is 8. The first-order valence-corrected chi connectivity index (χ1v) is 14.4. The fourth-order valence-electron chi connectivity index (χ4n) is 4.19. The van der Waals surface area contributed by atoms with Crippen LogP contribution in [0.1, 0.15) is 27.1 Å². The average Bonchev–Trinajstić information content (AvgIpc) is 3.13. The van der Waals surface area contributed by atoms with E-state index >= 15 is 0 Å². The van der Waals surface area contributed by atoms with Crippen molar-refractivity contribution in [1.82, 2.24) is 14.9 Å². The van der Waals surface area contributed by atoms with Gasteiger partial charge in [-0.25, -0.2) is 18.2 Å². The van der Waals surface area contributed by atoms with Crippen LogP contribution >= 0.6 is 23.2 Å². The topological polar surface area (TPSA) is 124 Å². The number of hydrogen-bond donors (Lipinski definition) is 0. The number of carbonyl (C=O) groups excluding carboxylic acids is 3. The number of rotatable bonds is 7. The van der Waals surface area contributed by atoms with Crippen LogP contribution in [-0.4, -0.2) is 59.1 Å². The van der Waals surface area contributed by atoms with Gasteiger partial charge in [-0.2, -0.15) is 0 Å². The molecule has 1 aliphatic heterocycles. The Morgan fingerprint density at radius 2 is 1.54 bits per heavy atom. The second-order valence-corrected chi connectivity index (χ2v) is 12.0. The Morgan fingerprint density at radius 3 is 2.13 bits per heavy atom. The van der Waals surface area contributed by atoms with E-state index in [9.17, 15) is 22.8 Å². The molecule has 0 saturated heterocycles. The van der Waals surface area contributed by atoms with Crippen molar-refractivity contribution in [2.45, 2.75) is 12.5 Å². The molecular formula is C27H19Cl2N3O6S. The Hall–Kier alpha value is -3.86. The standard InChI is InChI=1S/C27H19Cl2N3O6S/c1-39(36,37)11-10-24(32-25(33)17-12-19(28)20(29)13-18(17)26(32)34)27(35)38-16-8-6-15(7-9-16)23-14-30-21-4-2-3-5-22(21)31-23/h2-9,12-14,24H,10-11H2,1H3. The molecule has 9 nitrogen and oxygen atoms in total. The number of esters is 1. The normalized spacial score (nSPS) is 14.0. The number of nitrogens with zero attached hydrogens (tertiary/aromatic N) is 3. The molecule has 0 spiro atoms. The lowest BCUT2D eigenvalue weighted by molar-refractivity contribution is -0.138. The molecule has 1 unspecified atom stereocenters. The molecule has 198 valence electrons. The van der Waals surface area contributed by atoms with Crippen molar-refractivity contribution in [3.05, 3.63) is 88.0 Å². The zero-order valence-corrected chi connectivity index (χ0v) is 22.6. The lowest BCUT2D eigenvalue weighted by Gasteiger charge is -2.24. The monoisotopic (exact) mass is 583 g/mol. The van der Waals surface area contributed by atoms with Gasteiger partial charge >= 0.3 is 5.97 Å². The van der Waals surface area contributed by atoms with Gasteiger partial charge < -0.3 is 4.74 Å². The molecule has 0 radical (unpaired) electrons. The first-order valence-electron chi connectivity index (χ1n) is 11.6. The molecule has 1 aromatic heterocycles. The van der Waals surface area contributed by atoms with Crippen LogP contribution in [0.15, 0.2) is 66.9 Å². The minimum absolute atomic E-state index is 0.0348. The van der Waals surface area contributed by atoms with Crippen LogP contribution in [0.3, 0.4) is 0 Å². The maximum Gasteiger partial charge on any atom is 0.334 e. The fourth-order valence-corrected chi connectivity index (χ4v) is 5.17. The number of amides is 2. The summed E-state index contributed by atoms with van der Waals surface area (Å²) in [5.74, 6) is -2.89. The van der Waals surface area contributed by atoms with E-state index < -0.39 is 39.4 Å². The van der Waals surface area contributed by atoms with Crippen LogP contribution in [-0.2, 0) is 14.6 Å². The van der Waals surface area contributed by atoms with E-state index in [1.165, 1.54) is 24.3 Å². The van der Waals surface area contributed by atoms with Crippen molar-refractivity contribution in [2.24, 2.45) is 0 Å². The number of carbonyl (C=O) groups is 3. The average molecular weight is 584 g/mol. The van der Waals surface area contributed by atoms with E-state index in [-0.39, 0.29) is 33.3 Å². The van der Waals surface area contributed by atoms with Crippen molar-refractivity contribution in [2.75, 3.05) is 12.0 Å². The highest BCUT2D eigenvalue weighted by molar-refractivity contribution is 7.90. The first kappa shape index (κ1) is 26.7. The summed E-state index contributed by atoms with van der Waals surface area (Å²) >= 11 is 12.0. The molecule has 39 heavy (non-hydrogen) atoms. The smallest absolute Gasteiger partial charge is 0.334 e. The molecule has 5 rings (SSSR count). The van der Waals surface area contributed by atoms with E-state index in [0.717, 1.165) is 22.9 Å². The van der Waals surface area contributed by atoms with Crippen LogP contribution in [0.5, 0.6) is 5.75 Å². The minimum Gasteiger partial charge on any atom is -0.425 e. The number of sulfone groups is 1. The molecule has 1 aliphatic rings. The van der Waals surface area contributed by atoms with Crippen molar-refractivity contribution >= 4 is 61.9 Å². The SMILES string of the molecule is CS(=O)(=O)CCC(C(=O)Oc1ccc(-c2cnc3ccccc3n2)cc1)N1C(=O)c2cc(Cl)c(Cl)cc2C1=O. The number of fused-ring (bicyclic) bond motifs is 2. The number of para-hydroxylation sites is 2. The summed E-state index contributed by atoms with van der Waals surface area (Å²) in [6, 6.07) is 14.8. The van der Waals surface area contributed by atoms with Crippen molar-refractivity contribution in [3.8, 4) is 17.0 Å². The van der Waals surface area contributed by atoms with Crippen LogP contribution in [0.4, 0.5) is 0 Å². The number of imide groups is 1. The highest BCUT2D eigenvalue weighted by Gasteiger charge is 2.44. The van der Waals surface area contributed by atoms with Gasteiger partial charge in [0.2, 0.25) is 0 Å². The van der Waals surface area contributed by atoms with E-state index in [1.54, 1.807) is 18.3 Å². The summed E-state index contributed by atoms with van der Waals surface area (Å²) in [5, 5.41) is 0.120. The van der Waals surface area contributed by atoms with Crippen molar-refractivity contribution < 1.29 is 27.5 Å². The maximum absolute atomic E-state index is 13.3. The van der Waals surface area contributed by atoms with Gasteiger partial charge in [-0.05, 0) is 55.0 Å². The molecule has 1 atom stereocenters. The highest BCUT2D eigenvalue weighted by atomic mass is 35.5. The summed E-state index contributed by atoms with van der Waals surface area (Å²) < 4.78 is 29.2. The Bertz CT molecular complexity index is 1720. The molecular weight excluding hydrogens is 565 g/mol. The third-order valence-electron chi connectivity index (χ3n) is 6.12. The van der Waals surface area contributed by atoms with Gasteiger partial charge in [-0.15, -0.1) is 0 Å². The Labute approximate surface area is 233 Å². The van der Waals surface area contributed by atoms with Crippen LogP contribution in [0, 0.1) is 0 Å². The van der Waals surface area contributed by atoms with E-state index in [4.69, 9.17) is 27.9 Å².